The van der Waals surface area contributed by atoms with Crippen molar-refractivity contribution >= 4 is 28.5 Å². The van der Waals surface area contributed by atoms with Gasteiger partial charge in [0, 0.05) is 11.6 Å². The van der Waals surface area contributed by atoms with Crippen molar-refractivity contribution in [3.63, 3.8) is 0 Å². The van der Waals surface area contributed by atoms with E-state index in [1.807, 2.05) is 43.3 Å². The second-order valence-electron chi connectivity index (χ2n) is 5.22. The minimum Gasteiger partial charge on any atom is -0.352 e. The normalized spacial score (nSPS) is 10.8. The summed E-state index contributed by atoms with van der Waals surface area (Å²) in [4.78, 5) is 19.6. The van der Waals surface area contributed by atoms with Gasteiger partial charge in [-0.15, -0.1) is 0 Å². The summed E-state index contributed by atoms with van der Waals surface area (Å²) in [5, 5.41) is 3.53. The maximum absolute atomic E-state index is 12.0. The average molecular weight is 314 g/mol. The van der Waals surface area contributed by atoms with Crippen molar-refractivity contribution < 1.29 is 4.79 Å². The first-order chi connectivity index (χ1) is 10.6. The van der Waals surface area contributed by atoms with Crippen molar-refractivity contribution in [2.24, 2.45) is 0 Å². The number of fused-ring (bicyclic) bond motifs is 1. The van der Waals surface area contributed by atoms with E-state index in [2.05, 4.69) is 15.3 Å². The van der Waals surface area contributed by atoms with Crippen LogP contribution >= 0.6 is 11.6 Å². The summed E-state index contributed by atoms with van der Waals surface area (Å²) in [5.74, 6) is 0.837. The number of imidazole rings is 1. The molecule has 0 aliphatic heterocycles. The lowest BCUT2D eigenvalue weighted by atomic mass is 10.1. The molecular formula is C17H16ClN3O. The first kappa shape index (κ1) is 14.6. The van der Waals surface area contributed by atoms with Crippen LogP contribution in [-0.4, -0.2) is 15.9 Å². The molecule has 5 heteroatoms. The third-order valence-corrected chi connectivity index (χ3v) is 3.83. The van der Waals surface area contributed by atoms with E-state index >= 15 is 0 Å². The highest BCUT2D eigenvalue weighted by molar-refractivity contribution is 6.31. The molecule has 0 aliphatic carbocycles. The smallest absolute Gasteiger partial charge is 0.224 e. The molecule has 0 saturated carbocycles. The summed E-state index contributed by atoms with van der Waals surface area (Å²) in [6.45, 7) is 2.41. The molecule has 1 heterocycles. The molecule has 0 fully saturated rings. The number of carbonyl (C=O) groups is 1. The Morgan fingerprint density at radius 1 is 1.27 bits per heavy atom. The van der Waals surface area contributed by atoms with Gasteiger partial charge in [-0.25, -0.2) is 4.98 Å². The van der Waals surface area contributed by atoms with Crippen molar-refractivity contribution in [2.75, 3.05) is 0 Å². The molecule has 22 heavy (non-hydrogen) atoms. The van der Waals surface area contributed by atoms with Gasteiger partial charge in [-0.3, -0.25) is 4.79 Å². The summed E-state index contributed by atoms with van der Waals surface area (Å²) in [7, 11) is 0. The van der Waals surface area contributed by atoms with Crippen molar-refractivity contribution in [3.8, 4) is 0 Å². The van der Waals surface area contributed by atoms with Crippen LogP contribution in [0.4, 0.5) is 0 Å². The van der Waals surface area contributed by atoms with Crippen LogP contribution in [0.5, 0.6) is 0 Å². The number of aromatic nitrogens is 2. The molecule has 112 valence electrons. The summed E-state index contributed by atoms with van der Waals surface area (Å²) < 4.78 is 0. The third kappa shape index (κ3) is 3.28. The lowest BCUT2D eigenvalue weighted by molar-refractivity contribution is -0.120. The monoisotopic (exact) mass is 313 g/mol. The van der Waals surface area contributed by atoms with Crippen LogP contribution in [0.15, 0.2) is 42.5 Å². The molecule has 3 aromatic rings. The number of carbonyl (C=O) groups excluding carboxylic acids is 1. The Morgan fingerprint density at radius 2 is 2.09 bits per heavy atom. The molecule has 0 atom stereocenters. The van der Waals surface area contributed by atoms with E-state index in [9.17, 15) is 4.79 Å². The fourth-order valence-corrected chi connectivity index (χ4v) is 2.57. The van der Waals surface area contributed by atoms with Gasteiger partial charge in [-0.1, -0.05) is 35.9 Å². The zero-order valence-corrected chi connectivity index (χ0v) is 12.9. The van der Waals surface area contributed by atoms with Gasteiger partial charge in [0.05, 0.1) is 17.5 Å². The number of amides is 1. The minimum absolute atomic E-state index is 0.0472. The van der Waals surface area contributed by atoms with Gasteiger partial charge in [0.2, 0.25) is 5.91 Å². The standard InChI is InChI=1S/C17H16ClN3O/c1-11-20-15-7-6-12(8-16(15)21-11)10-19-17(22)9-13-4-2-3-5-14(13)18/h2-8H,9-10H2,1H3,(H,19,22)(H,20,21). The summed E-state index contributed by atoms with van der Waals surface area (Å²) in [6.07, 6.45) is 0.283. The highest BCUT2D eigenvalue weighted by atomic mass is 35.5. The second-order valence-corrected chi connectivity index (χ2v) is 5.63. The van der Waals surface area contributed by atoms with E-state index < -0.39 is 0 Å². The molecule has 0 radical (unpaired) electrons. The highest BCUT2D eigenvalue weighted by Gasteiger charge is 2.07. The highest BCUT2D eigenvalue weighted by Crippen LogP contribution is 2.16. The number of hydrogen-bond donors (Lipinski definition) is 2. The van der Waals surface area contributed by atoms with Crippen LogP contribution in [0.3, 0.4) is 0 Å². The molecule has 0 unspecified atom stereocenters. The number of halogens is 1. The van der Waals surface area contributed by atoms with Crippen molar-refractivity contribution in [1.29, 1.82) is 0 Å². The van der Waals surface area contributed by atoms with E-state index in [1.165, 1.54) is 0 Å². The molecule has 2 N–H and O–H groups in total. The molecule has 2 aromatic carbocycles. The largest absolute Gasteiger partial charge is 0.352 e. The van der Waals surface area contributed by atoms with Crippen molar-refractivity contribution in [1.82, 2.24) is 15.3 Å². The van der Waals surface area contributed by atoms with Crippen LogP contribution in [-0.2, 0) is 17.8 Å². The van der Waals surface area contributed by atoms with Crippen LogP contribution in [0, 0.1) is 6.92 Å². The zero-order valence-electron chi connectivity index (χ0n) is 12.2. The SMILES string of the molecule is Cc1nc2ccc(CNC(=O)Cc3ccccc3Cl)cc2[nH]1. The number of rotatable bonds is 4. The lowest BCUT2D eigenvalue weighted by Crippen LogP contribution is -2.24. The minimum atomic E-state index is -0.0472. The molecular weight excluding hydrogens is 298 g/mol. The van der Waals surface area contributed by atoms with Crippen LogP contribution in [0.2, 0.25) is 5.02 Å². The Hall–Kier alpha value is -2.33. The van der Waals surface area contributed by atoms with Gasteiger partial charge >= 0.3 is 0 Å². The molecule has 4 nitrogen and oxygen atoms in total. The first-order valence-corrected chi connectivity index (χ1v) is 7.45. The topological polar surface area (TPSA) is 57.8 Å². The number of H-pyrrole nitrogens is 1. The van der Waals surface area contributed by atoms with Gasteiger partial charge in [0.25, 0.3) is 0 Å². The van der Waals surface area contributed by atoms with Crippen LogP contribution in [0.1, 0.15) is 17.0 Å². The van der Waals surface area contributed by atoms with E-state index in [1.54, 1.807) is 6.07 Å². The summed E-state index contributed by atoms with van der Waals surface area (Å²) in [5.41, 5.74) is 3.78. The average Bonchev–Trinajstić information content (AvgIpc) is 2.87. The third-order valence-electron chi connectivity index (χ3n) is 3.46. The number of nitrogens with zero attached hydrogens (tertiary/aromatic N) is 1. The number of hydrogen-bond acceptors (Lipinski definition) is 2. The number of benzene rings is 2. The molecule has 0 spiro atoms. The molecule has 1 aromatic heterocycles. The molecule has 0 bridgehead atoms. The van der Waals surface area contributed by atoms with Gasteiger partial charge in [0.1, 0.15) is 5.82 Å². The van der Waals surface area contributed by atoms with Crippen molar-refractivity contribution in [2.45, 2.75) is 19.9 Å². The Morgan fingerprint density at radius 3 is 2.91 bits per heavy atom. The first-order valence-electron chi connectivity index (χ1n) is 7.07. The Labute approximate surface area is 133 Å². The molecule has 0 saturated heterocycles. The predicted octanol–water partition coefficient (Wildman–Crippen LogP) is 3.38. The van der Waals surface area contributed by atoms with Gasteiger partial charge in [-0.05, 0) is 36.2 Å². The Kier molecular flexibility index (Phi) is 4.11. The Balaban J connectivity index is 1.63. The van der Waals surface area contributed by atoms with Gasteiger partial charge in [-0.2, -0.15) is 0 Å². The number of aromatic amines is 1. The quantitative estimate of drug-likeness (QED) is 0.775. The fourth-order valence-electron chi connectivity index (χ4n) is 2.37. The van der Waals surface area contributed by atoms with Crippen LogP contribution in [0.25, 0.3) is 11.0 Å². The Bertz CT molecular complexity index is 826. The molecule has 3 rings (SSSR count). The zero-order chi connectivity index (χ0) is 15.5. The van der Waals surface area contributed by atoms with Gasteiger partial charge < -0.3 is 10.3 Å². The second kappa shape index (κ2) is 6.20. The van der Waals surface area contributed by atoms with E-state index in [4.69, 9.17) is 11.6 Å². The summed E-state index contributed by atoms with van der Waals surface area (Å²) >= 11 is 6.06. The summed E-state index contributed by atoms with van der Waals surface area (Å²) in [6, 6.07) is 13.3. The lowest BCUT2D eigenvalue weighted by Gasteiger charge is -2.07. The predicted molar refractivity (Wildman–Crippen MR) is 87.8 cm³/mol. The van der Waals surface area contributed by atoms with Crippen LogP contribution < -0.4 is 5.32 Å². The van der Waals surface area contributed by atoms with E-state index in [-0.39, 0.29) is 12.3 Å². The van der Waals surface area contributed by atoms with Gasteiger partial charge in [0.15, 0.2) is 0 Å². The molecule has 1 amide bonds. The van der Waals surface area contributed by atoms with E-state index in [0.29, 0.717) is 11.6 Å². The maximum atomic E-state index is 12.0. The van der Waals surface area contributed by atoms with Crippen molar-refractivity contribution in [3.05, 3.63) is 64.4 Å². The fraction of sp³-hybridized carbons (Fsp3) is 0.176. The van der Waals surface area contributed by atoms with E-state index in [0.717, 1.165) is 28.0 Å². The number of nitrogens with one attached hydrogen (secondary N) is 2. The maximum Gasteiger partial charge on any atom is 0.224 e. The number of aryl methyl sites for hydroxylation is 1. The molecule has 0 aliphatic rings.